The summed E-state index contributed by atoms with van der Waals surface area (Å²) in [5.41, 5.74) is 3.31. The summed E-state index contributed by atoms with van der Waals surface area (Å²) in [5.74, 6) is 2.11. The van der Waals surface area contributed by atoms with Crippen LogP contribution in [0.15, 0.2) is 55.0 Å². The van der Waals surface area contributed by atoms with E-state index in [2.05, 4.69) is 27.3 Å². The average Bonchev–Trinajstić information content (AvgIpc) is 3.43. The van der Waals surface area contributed by atoms with E-state index in [0.717, 1.165) is 22.2 Å². The highest BCUT2D eigenvalue weighted by Gasteiger charge is 2.18. The fourth-order valence-electron chi connectivity index (χ4n) is 3.57. The maximum absolute atomic E-state index is 5.45. The lowest BCUT2D eigenvalue weighted by Crippen LogP contribution is -2.03. The molecule has 5 aromatic rings. The van der Waals surface area contributed by atoms with Gasteiger partial charge in [-0.15, -0.1) is 5.10 Å². The SMILES string of the molecule is COc1cc(-c2nc3c4cnn(Cc5ccccc5)c4ncn3n2)cc(OC)c1OC. The smallest absolute Gasteiger partial charge is 0.203 e. The van der Waals surface area contributed by atoms with Crippen molar-refractivity contribution < 1.29 is 14.2 Å². The van der Waals surface area contributed by atoms with Crippen LogP contribution in [0, 0.1) is 0 Å². The first-order valence-electron chi connectivity index (χ1n) is 9.63. The third-order valence-corrected chi connectivity index (χ3v) is 5.07. The van der Waals surface area contributed by atoms with Gasteiger partial charge in [0.25, 0.3) is 0 Å². The van der Waals surface area contributed by atoms with Gasteiger partial charge in [-0.2, -0.15) is 5.10 Å². The number of ether oxygens (including phenoxy) is 3. The summed E-state index contributed by atoms with van der Waals surface area (Å²) in [6, 6.07) is 13.8. The largest absolute Gasteiger partial charge is 0.493 e. The van der Waals surface area contributed by atoms with Gasteiger partial charge in [0, 0.05) is 5.56 Å². The zero-order valence-electron chi connectivity index (χ0n) is 17.3. The molecule has 0 saturated carbocycles. The van der Waals surface area contributed by atoms with Crippen LogP contribution < -0.4 is 14.2 Å². The summed E-state index contributed by atoms with van der Waals surface area (Å²) in [5, 5.41) is 9.93. The zero-order valence-corrected chi connectivity index (χ0v) is 17.3. The standard InChI is InChI=1S/C22H20N6O3/c1-29-17-9-15(10-18(30-2)19(17)31-3)20-25-22-16-11-24-27(12-14-7-5-4-6-8-14)21(16)23-13-28(22)26-20/h4-11,13H,12H2,1-3H3. The van der Waals surface area contributed by atoms with Crippen molar-refractivity contribution >= 4 is 16.7 Å². The summed E-state index contributed by atoms with van der Waals surface area (Å²) in [6.45, 7) is 0.626. The van der Waals surface area contributed by atoms with E-state index in [4.69, 9.17) is 19.2 Å². The molecule has 3 heterocycles. The van der Waals surface area contributed by atoms with Crippen molar-refractivity contribution in [1.82, 2.24) is 29.4 Å². The molecule has 31 heavy (non-hydrogen) atoms. The number of hydrogen-bond donors (Lipinski definition) is 0. The fourth-order valence-corrected chi connectivity index (χ4v) is 3.57. The van der Waals surface area contributed by atoms with E-state index >= 15 is 0 Å². The minimum Gasteiger partial charge on any atom is -0.493 e. The molecule has 3 aromatic heterocycles. The van der Waals surface area contributed by atoms with Gasteiger partial charge in [0.05, 0.1) is 39.5 Å². The predicted octanol–water partition coefficient (Wildman–Crippen LogP) is 3.22. The van der Waals surface area contributed by atoms with Gasteiger partial charge in [-0.1, -0.05) is 30.3 Å². The minimum atomic E-state index is 0.517. The van der Waals surface area contributed by atoms with E-state index in [1.165, 1.54) is 0 Å². The van der Waals surface area contributed by atoms with Crippen molar-refractivity contribution in [2.24, 2.45) is 0 Å². The van der Waals surface area contributed by atoms with Crippen molar-refractivity contribution in [1.29, 1.82) is 0 Å². The number of methoxy groups -OCH3 is 3. The number of nitrogens with zero attached hydrogens (tertiary/aromatic N) is 6. The van der Waals surface area contributed by atoms with Crippen molar-refractivity contribution in [2.45, 2.75) is 6.54 Å². The van der Waals surface area contributed by atoms with E-state index < -0.39 is 0 Å². The molecule has 0 N–H and O–H groups in total. The number of fused-ring (bicyclic) bond motifs is 3. The van der Waals surface area contributed by atoms with E-state index in [0.29, 0.717) is 35.3 Å². The number of rotatable bonds is 6. The van der Waals surface area contributed by atoms with Gasteiger partial charge in [0.2, 0.25) is 5.75 Å². The van der Waals surface area contributed by atoms with Crippen molar-refractivity contribution in [3.63, 3.8) is 0 Å². The highest BCUT2D eigenvalue weighted by atomic mass is 16.5. The Morgan fingerprint density at radius 3 is 2.32 bits per heavy atom. The molecule has 0 bridgehead atoms. The lowest BCUT2D eigenvalue weighted by Gasteiger charge is -2.12. The molecular formula is C22H20N6O3. The maximum Gasteiger partial charge on any atom is 0.203 e. The Bertz CT molecular complexity index is 1350. The number of benzene rings is 2. The Hall–Kier alpha value is -4.14. The summed E-state index contributed by atoms with van der Waals surface area (Å²) in [4.78, 5) is 9.30. The van der Waals surface area contributed by atoms with Crippen LogP contribution in [0.1, 0.15) is 5.56 Å². The topological polar surface area (TPSA) is 88.6 Å². The molecule has 0 aliphatic heterocycles. The molecule has 0 radical (unpaired) electrons. The van der Waals surface area contributed by atoms with E-state index in [1.807, 2.05) is 35.0 Å². The zero-order chi connectivity index (χ0) is 21.4. The summed E-state index contributed by atoms with van der Waals surface area (Å²) < 4.78 is 19.8. The first-order chi connectivity index (χ1) is 15.2. The average molecular weight is 416 g/mol. The van der Waals surface area contributed by atoms with Crippen molar-refractivity contribution in [2.75, 3.05) is 21.3 Å². The second kappa shape index (κ2) is 7.60. The van der Waals surface area contributed by atoms with E-state index in [9.17, 15) is 0 Å². The van der Waals surface area contributed by atoms with Gasteiger partial charge in [-0.05, 0) is 17.7 Å². The summed E-state index contributed by atoms with van der Waals surface area (Å²) >= 11 is 0. The third kappa shape index (κ3) is 3.20. The van der Waals surface area contributed by atoms with Gasteiger partial charge < -0.3 is 14.2 Å². The molecule has 0 aliphatic rings. The van der Waals surface area contributed by atoms with E-state index in [1.54, 1.807) is 38.4 Å². The second-order valence-electron chi connectivity index (χ2n) is 6.89. The van der Waals surface area contributed by atoms with Crippen molar-refractivity contribution in [3.8, 4) is 28.6 Å². The van der Waals surface area contributed by atoms with Crippen LogP contribution >= 0.6 is 0 Å². The monoisotopic (exact) mass is 416 g/mol. The highest BCUT2D eigenvalue weighted by molar-refractivity contribution is 5.89. The molecule has 2 aromatic carbocycles. The molecule has 156 valence electrons. The first-order valence-corrected chi connectivity index (χ1v) is 9.63. The molecule has 0 spiro atoms. The van der Waals surface area contributed by atoms with Crippen LogP contribution in [0.3, 0.4) is 0 Å². The predicted molar refractivity (Wildman–Crippen MR) is 115 cm³/mol. The second-order valence-corrected chi connectivity index (χ2v) is 6.89. The lowest BCUT2D eigenvalue weighted by molar-refractivity contribution is 0.324. The minimum absolute atomic E-state index is 0.517. The van der Waals surface area contributed by atoms with Gasteiger partial charge in [-0.3, -0.25) is 0 Å². The van der Waals surface area contributed by atoms with Crippen LogP contribution in [-0.2, 0) is 6.54 Å². The van der Waals surface area contributed by atoms with Gasteiger partial charge in [0.1, 0.15) is 6.33 Å². The van der Waals surface area contributed by atoms with Crippen molar-refractivity contribution in [3.05, 3.63) is 60.6 Å². The quantitative estimate of drug-likeness (QED) is 0.420. The normalized spacial score (nSPS) is 11.2. The molecule has 0 saturated heterocycles. The van der Waals surface area contributed by atoms with Gasteiger partial charge in [-0.25, -0.2) is 19.2 Å². The molecule has 0 amide bonds. The Kier molecular flexibility index (Phi) is 4.62. The third-order valence-electron chi connectivity index (χ3n) is 5.07. The highest BCUT2D eigenvalue weighted by Crippen LogP contribution is 2.40. The molecule has 0 atom stereocenters. The Morgan fingerprint density at radius 2 is 1.65 bits per heavy atom. The molecule has 5 rings (SSSR count). The van der Waals surface area contributed by atoms with Gasteiger partial charge in [0.15, 0.2) is 28.6 Å². The van der Waals surface area contributed by atoms with Crippen LogP contribution in [-0.4, -0.2) is 50.7 Å². The van der Waals surface area contributed by atoms with Gasteiger partial charge >= 0.3 is 0 Å². The van der Waals surface area contributed by atoms with E-state index in [-0.39, 0.29) is 0 Å². The van der Waals surface area contributed by atoms with Crippen LogP contribution in [0.2, 0.25) is 0 Å². The first kappa shape index (κ1) is 18.9. The summed E-state index contributed by atoms with van der Waals surface area (Å²) in [6.07, 6.45) is 3.42. The molecule has 0 fully saturated rings. The summed E-state index contributed by atoms with van der Waals surface area (Å²) in [7, 11) is 4.72. The number of hydrogen-bond acceptors (Lipinski definition) is 7. The molecule has 9 heteroatoms. The van der Waals surface area contributed by atoms with Crippen LogP contribution in [0.4, 0.5) is 0 Å². The Labute approximate surface area is 177 Å². The van der Waals surface area contributed by atoms with Crippen LogP contribution in [0.5, 0.6) is 17.2 Å². The molecule has 9 nitrogen and oxygen atoms in total. The lowest BCUT2D eigenvalue weighted by atomic mass is 10.1. The molecular weight excluding hydrogens is 396 g/mol. The van der Waals surface area contributed by atoms with Crippen LogP contribution in [0.25, 0.3) is 28.1 Å². The Balaban J connectivity index is 1.60. The molecule has 0 unspecified atom stereocenters. The number of aromatic nitrogens is 6. The fraction of sp³-hybridized carbons (Fsp3) is 0.182. The molecule has 0 aliphatic carbocycles. The maximum atomic E-state index is 5.45. The Morgan fingerprint density at radius 1 is 0.903 bits per heavy atom.